The molecule has 0 atom stereocenters. The van der Waals surface area contributed by atoms with Crippen LogP contribution in [0.3, 0.4) is 0 Å². The van der Waals surface area contributed by atoms with Gasteiger partial charge >= 0.3 is 0 Å². The number of nitrogens with one attached hydrogen (secondary N) is 1. The van der Waals surface area contributed by atoms with Gasteiger partial charge in [-0.2, -0.15) is 5.26 Å². The Balaban J connectivity index is 1.94. The minimum Gasteiger partial charge on any atom is -0.307 e. The zero-order valence-corrected chi connectivity index (χ0v) is 10.5. The van der Waals surface area contributed by atoms with Crippen LogP contribution in [0.2, 0.25) is 0 Å². The van der Waals surface area contributed by atoms with Gasteiger partial charge in [0.25, 0.3) is 0 Å². The van der Waals surface area contributed by atoms with Crippen LogP contribution in [-0.4, -0.2) is 9.97 Å². The first kappa shape index (κ1) is 13.1. The Labute approximate surface area is 110 Å². The molecule has 0 bridgehead atoms. The summed E-state index contributed by atoms with van der Waals surface area (Å²) >= 11 is 0. The van der Waals surface area contributed by atoms with E-state index < -0.39 is 0 Å². The second kappa shape index (κ2) is 6.03. The molecule has 0 aliphatic carbocycles. The summed E-state index contributed by atoms with van der Waals surface area (Å²) in [4.78, 5) is 8.25. The maximum Gasteiger partial charge on any atom is 0.129 e. The fraction of sp³-hybridized carbons (Fsp3) is 0.214. The molecule has 0 radical (unpaired) electrons. The van der Waals surface area contributed by atoms with Gasteiger partial charge in [0, 0.05) is 24.8 Å². The lowest BCUT2D eigenvalue weighted by molar-refractivity contribution is 0.585. The van der Waals surface area contributed by atoms with E-state index >= 15 is 0 Å². The standard InChI is InChI=1S/C14H13FN4/c1-10-18-5-4-13(19-10)9-17-8-12-3-2-11(7-16)6-14(12)15/h2-6,17H,8-9H2,1H3. The number of hydrogen-bond acceptors (Lipinski definition) is 4. The Morgan fingerprint density at radius 2 is 2.16 bits per heavy atom. The van der Waals surface area contributed by atoms with Gasteiger partial charge in [-0.3, -0.25) is 0 Å². The smallest absolute Gasteiger partial charge is 0.129 e. The van der Waals surface area contributed by atoms with Gasteiger partial charge in [0.15, 0.2) is 0 Å². The van der Waals surface area contributed by atoms with Crippen molar-refractivity contribution in [2.24, 2.45) is 0 Å². The summed E-state index contributed by atoms with van der Waals surface area (Å²) in [7, 11) is 0. The third-order valence-electron chi connectivity index (χ3n) is 2.64. The summed E-state index contributed by atoms with van der Waals surface area (Å²) in [6.07, 6.45) is 1.70. The quantitative estimate of drug-likeness (QED) is 0.909. The van der Waals surface area contributed by atoms with Gasteiger partial charge in [0.2, 0.25) is 0 Å². The molecule has 0 fully saturated rings. The van der Waals surface area contributed by atoms with Crippen LogP contribution in [0.1, 0.15) is 22.6 Å². The molecule has 96 valence electrons. The molecule has 4 nitrogen and oxygen atoms in total. The number of nitrogens with zero attached hydrogens (tertiary/aromatic N) is 3. The summed E-state index contributed by atoms with van der Waals surface area (Å²) in [6.45, 7) is 2.76. The van der Waals surface area contributed by atoms with E-state index in [1.807, 2.05) is 19.1 Å². The molecule has 1 heterocycles. The summed E-state index contributed by atoms with van der Waals surface area (Å²) in [5.74, 6) is 0.342. The molecule has 0 saturated carbocycles. The molecule has 1 aromatic carbocycles. The minimum absolute atomic E-state index is 0.327. The molecule has 0 spiro atoms. The monoisotopic (exact) mass is 256 g/mol. The van der Waals surface area contributed by atoms with Gasteiger partial charge in [-0.05, 0) is 25.1 Å². The summed E-state index contributed by atoms with van der Waals surface area (Å²) in [6, 6.07) is 8.19. The van der Waals surface area contributed by atoms with Gasteiger partial charge < -0.3 is 5.32 Å². The Kier molecular flexibility index (Phi) is 4.16. The van der Waals surface area contributed by atoms with Crippen LogP contribution in [-0.2, 0) is 13.1 Å². The van der Waals surface area contributed by atoms with E-state index in [2.05, 4.69) is 15.3 Å². The molecule has 2 aromatic rings. The zero-order chi connectivity index (χ0) is 13.7. The summed E-state index contributed by atoms with van der Waals surface area (Å²) in [5.41, 5.74) is 1.72. The number of halogens is 1. The van der Waals surface area contributed by atoms with Crippen molar-refractivity contribution in [2.45, 2.75) is 20.0 Å². The third-order valence-corrected chi connectivity index (χ3v) is 2.64. The molecule has 0 aliphatic heterocycles. The van der Waals surface area contributed by atoms with E-state index in [1.165, 1.54) is 6.07 Å². The van der Waals surface area contributed by atoms with E-state index in [0.29, 0.717) is 30.0 Å². The van der Waals surface area contributed by atoms with Gasteiger partial charge in [-0.15, -0.1) is 0 Å². The first-order valence-corrected chi connectivity index (χ1v) is 5.87. The number of aryl methyl sites for hydroxylation is 1. The molecule has 2 rings (SSSR count). The number of hydrogen-bond donors (Lipinski definition) is 1. The first-order valence-electron chi connectivity index (χ1n) is 5.87. The van der Waals surface area contributed by atoms with Crippen molar-refractivity contribution in [3.05, 3.63) is 58.9 Å². The molecular weight excluding hydrogens is 243 g/mol. The van der Waals surface area contributed by atoms with Gasteiger partial charge in [-0.1, -0.05) is 6.07 Å². The zero-order valence-electron chi connectivity index (χ0n) is 10.5. The summed E-state index contributed by atoms with van der Waals surface area (Å²) in [5, 5.41) is 11.8. The van der Waals surface area contributed by atoms with Gasteiger partial charge in [0.1, 0.15) is 11.6 Å². The van der Waals surface area contributed by atoms with Gasteiger partial charge in [-0.25, -0.2) is 14.4 Å². The highest BCUT2D eigenvalue weighted by molar-refractivity contribution is 5.32. The number of aromatic nitrogens is 2. The lowest BCUT2D eigenvalue weighted by Crippen LogP contribution is -2.15. The Morgan fingerprint density at radius 3 is 2.84 bits per heavy atom. The molecule has 0 amide bonds. The fourth-order valence-electron chi connectivity index (χ4n) is 1.69. The third kappa shape index (κ3) is 3.57. The van der Waals surface area contributed by atoms with Crippen LogP contribution >= 0.6 is 0 Å². The lowest BCUT2D eigenvalue weighted by atomic mass is 10.1. The van der Waals surface area contributed by atoms with Crippen molar-refractivity contribution in [3.63, 3.8) is 0 Å². The van der Waals surface area contributed by atoms with Crippen molar-refractivity contribution in [1.29, 1.82) is 5.26 Å². The highest BCUT2D eigenvalue weighted by Crippen LogP contribution is 2.09. The first-order chi connectivity index (χ1) is 9.19. The van der Waals surface area contributed by atoms with Crippen LogP contribution in [0, 0.1) is 24.1 Å². The van der Waals surface area contributed by atoms with E-state index in [9.17, 15) is 4.39 Å². The predicted octanol–water partition coefficient (Wildman–Crippen LogP) is 2.09. The molecule has 19 heavy (non-hydrogen) atoms. The van der Waals surface area contributed by atoms with Crippen LogP contribution in [0.4, 0.5) is 4.39 Å². The second-order valence-electron chi connectivity index (χ2n) is 4.12. The molecular formula is C14H13FN4. The number of nitriles is 1. The highest BCUT2D eigenvalue weighted by atomic mass is 19.1. The number of benzene rings is 1. The van der Waals surface area contributed by atoms with Crippen LogP contribution < -0.4 is 5.32 Å². The average molecular weight is 256 g/mol. The average Bonchev–Trinajstić information content (AvgIpc) is 2.40. The maximum atomic E-state index is 13.6. The molecule has 1 aromatic heterocycles. The molecule has 0 saturated heterocycles. The SMILES string of the molecule is Cc1nccc(CNCc2ccc(C#N)cc2F)n1. The Morgan fingerprint density at radius 1 is 1.32 bits per heavy atom. The molecule has 5 heteroatoms. The van der Waals surface area contributed by atoms with Crippen molar-refractivity contribution >= 4 is 0 Å². The Hall–Kier alpha value is -2.32. The van der Waals surface area contributed by atoms with Crippen molar-refractivity contribution in [1.82, 2.24) is 15.3 Å². The highest BCUT2D eigenvalue weighted by Gasteiger charge is 2.03. The second-order valence-corrected chi connectivity index (χ2v) is 4.12. The van der Waals surface area contributed by atoms with E-state index in [4.69, 9.17) is 5.26 Å². The normalized spacial score (nSPS) is 10.2. The van der Waals surface area contributed by atoms with Crippen molar-refractivity contribution in [3.8, 4) is 6.07 Å². The van der Waals surface area contributed by atoms with E-state index in [-0.39, 0.29) is 5.82 Å². The fourth-order valence-corrected chi connectivity index (χ4v) is 1.69. The minimum atomic E-state index is -0.370. The molecule has 0 aliphatic rings. The van der Waals surface area contributed by atoms with Crippen LogP contribution in [0.5, 0.6) is 0 Å². The summed E-state index contributed by atoms with van der Waals surface area (Å²) < 4.78 is 13.6. The van der Waals surface area contributed by atoms with E-state index in [0.717, 1.165) is 5.69 Å². The van der Waals surface area contributed by atoms with Crippen molar-refractivity contribution < 1.29 is 4.39 Å². The molecule has 1 N–H and O–H groups in total. The predicted molar refractivity (Wildman–Crippen MR) is 68.4 cm³/mol. The van der Waals surface area contributed by atoms with E-state index in [1.54, 1.807) is 18.3 Å². The lowest BCUT2D eigenvalue weighted by Gasteiger charge is -2.06. The molecule has 0 unspecified atom stereocenters. The van der Waals surface area contributed by atoms with Crippen LogP contribution in [0.15, 0.2) is 30.5 Å². The maximum absolute atomic E-state index is 13.6. The van der Waals surface area contributed by atoms with Crippen LogP contribution in [0.25, 0.3) is 0 Å². The van der Waals surface area contributed by atoms with Crippen molar-refractivity contribution in [2.75, 3.05) is 0 Å². The Bertz CT molecular complexity index is 619. The largest absolute Gasteiger partial charge is 0.307 e. The van der Waals surface area contributed by atoms with Gasteiger partial charge in [0.05, 0.1) is 17.3 Å². The number of rotatable bonds is 4. The topological polar surface area (TPSA) is 61.6 Å².